The summed E-state index contributed by atoms with van der Waals surface area (Å²) in [7, 11) is 0. The second-order valence-electron chi connectivity index (χ2n) is 6.08. The molecule has 0 saturated heterocycles. The Morgan fingerprint density at radius 3 is 2.63 bits per heavy atom. The van der Waals surface area contributed by atoms with E-state index in [1.54, 1.807) is 42.5 Å². The van der Waals surface area contributed by atoms with Gasteiger partial charge in [0.15, 0.2) is 11.5 Å². The number of amides is 1. The first-order valence-electron chi connectivity index (χ1n) is 9.14. The van der Waals surface area contributed by atoms with Crippen molar-refractivity contribution in [3.8, 4) is 11.5 Å². The van der Waals surface area contributed by atoms with E-state index in [0.29, 0.717) is 29.2 Å². The summed E-state index contributed by atoms with van der Waals surface area (Å²) in [4.78, 5) is 25.2. The molecule has 30 heavy (non-hydrogen) atoms. The molecule has 6 nitrogen and oxygen atoms in total. The molecule has 0 unspecified atom stereocenters. The molecule has 0 aliphatic carbocycles. The second-order valence-corrected chi connectivity index (χ2v) is 8.03. The van der Waals surface area contributed by atoms with Crippen LogP contribution in [0.2, 0.25) is 0 Å². The van der Waals surface area contributed by atoms with E-state index in [1.165, 1.54) is 17.6 Å². The highest BCUT2D eigenvalue weighted by Crippen LogP contribution is 2.29. The maximum Gasteiger partial charge on any atom is 0.343 e. The van der Waals surface area contributed by atoms with Crippen LogP contribution in [-0.4, -0.2) is 24.7 Å². The number of rotatable bonds is 8. The lowest BCUT2D eigenvalue weighted by Gasteiger charge is -2.11. The van der Waals surface area contributed by atoms with Gasteiger partial charge in [0.2, 0.25) is 5.91 Å². The lowest BCUT2D eigenvalue weighted by Crippen LogP contribution is -2.19. The van der Waals surface area contributed by atoms with Gasteiger partial charge in [-0.05, 0) is 66.4 Å². The van der Waals surface area contributed by atoms with Crippen molar-refractivity contribution < 1.29 is 19.1 Å². The number of hydrazone groups is 1. The fourth-order valence-electron chi connectivity index (χ4n) is 2.49. The minimum Gasteiger partial charge on any atom is -0.490 e. The lowest BCUT2D eigenvalue weighted by molar-refractivity contribution is -0.120. The highest BCUT2D eigenvalue weighted by Gasteiger charge is 2.13. The summed E-state index contributed by atoms with van der Waals surface area (Å²) < 4.78 is 12.0. The molecule has 0 saturated carbocycles. The molecule has 1 N–H and O–H groups in total. The summed E-state index contributed by atoms with van der Waals surface area (Å²) in [6, 6.07) is 15.7. The third-order valence-corrected chi connectivity index (χ3v) is 5.27. The van der Waals surface area contributed by atoms with Crippen LogP contribution in [0.1, 0.15) is 27.7 Å². The molecule has 0 fully saturated rings. The van der Waals surface area contributed by atoms with Crippen LogP contribution >= 0.6 is 27.3 Å². The zero-order chi connectivity index (χ0) is 21.3. The number of carbonyl (C=O) groups is 2. The molecule has 3 rings (SSSR count). The first-order valence-corrected chi connectivity index (χ1v) is 10.8. The molecular formula is C22H19BrN2O4S. The van der Waals surface area contributed by atoms with Gasteiger partial charge in [0, 0.05) is 9.35 Å². The van der Waals surface area contributed by atoms with E-state index < -0.39 is 5.97 Å². The van der Waals surface area contributed by atoms with Crippen molar-refractivity contribution in [2.75, 3.05) is 6.61 Å². The van der Waals surface area contributed by atoms with Crippen molar-refractivity contribution in [2.24, 2.45) is 5.10 Å². The van der Waals surface area contributed by atoms with Gasteiger partial charge in [-0.15, -0.1) is 11.3 Å². The fourth-order valence-corrected chi connectivity index (χ4v) is 3.46. The molecule has 1 heterocycles. The number of esters is 1. The summed E-state index contributed by atoms with van der Waals surface area (Å²) in [6.07, 6.45) is 1.79. The van der Waals surface area contributed by atoms with E-state index in [9.17, 15) is 9.59 Å². The monoisotopic (exact) mass is 486 g/mol. The van der Waals surface area contributed by atoms with Gasteiger partial charge in [-0.3, -0.25) is 4.79 Å². The van der Waals surface area contributed by atoms with Gasteiger partial charge in [0.25, 0.3) is 0 Å². The number of carbonyl (C=O) groups excluding carboxylic acids is 2. The molecule has 8 heteroatoms. The zero-order valence-electron chi connectivity index (χ0n) is 16.1. The van der Waals surface area contributed by atoms with E-state index in [4.69, 9.17) is 9.47 Å². The first-order chi connectivity index (χ1) is 14.5. The van der Waals surface area contributed by atoms with Crippen LogP contribution in [-0.2, 0) is 11.2 Å². The Morgan fingerprint density at radius 2 is 1.93 bits per heavy atom. The zero-order valence-corrected chi connectivity index (χ0v) is 18.5. The summed E-state index contributed by atoms with van der Waals surface area (Å²) in [5.74, 6) is 0.0463. The molecule has 0 radical (unpaired) electrons. The van der Waals surface area contributed by atoms with Crippen LogP contribution in [0.15, 0.2) is 69.6 Å². The van der Waals surface area contributed by atoms with Gasteiger partial charge in [-0.1, -0.05) is 22.0 Å². The fraction of sp³-hybridized carbons (Fsp3) is 0.136. The SMILES string of the molecule is CCOc1cc(/C=N/NC(=O)Cc2cccs2)ccc1OC(=O)c1ccc(Br)cc1. The third-order valence-electron chi connectivity index (χ3n) is 3.87. The van der Waals surface area contributed by atoms with Crippen LogP contribution in [0, 0.1) is 0 Å². The molecule has 1 amide bonds. The Morgan fingerprint density at radius 1 is 1.13 bits per heavy atom. The van der Waals surface area contributed by atoms with Crippen molar-refractivity contribution in [2.45, 2.75) is 13.3 Å². The molecular weight excluding hydrogens is 468 g/mol. The number of nitrogens with zero attached hydrogens (tertiary/aromatic N) is 1. The standard InChI is InChI=1S/C22H19BrN2O4S/c1-2-28-20-12-15(14-24-25-21(26)13-18-4-3-11-30-18)5-10-19(20)29-22(27)16-6-8-17(23)9-7-16/h3-12,14H,2,13H2,1H3,(H,25,26)/b24-14+. The first kappa shape index (κ1) is 21.7. The Kier molecular flexibility index (Phi) is 7.75. The highest BCUT2D eigenvalue weighted by molar-refractivity contribution is 9.10. The van der Waals surface area contributed by atoms with Crippen molar-refractivity contribution >= 4 is 45.4 Å². The topological polar surface area (TPSA) is 77.0 Å². The van der Waals surface area contributed by atoms with E-state index in [2.05, 4.69) is 26.5 Å². The van der Waals surface area contributed by atoms with Crippen LogP contribution < -0.4 is 14.9 Å². The molecule has 0 spiro atoms. The van der Waals surface area contributed by atoms with Gasteiger partial charge in [-0.2, -0.15) is 5.10 Å². The summed E-state index contributed by atoms with van der Waals surface area (Å²) in [6.45, 7) is 2.24. The maximum atomic E-state index is 12.4. The second kappa shape index (κ2) is 10.7. The molecule has 0 bridgehead atoms. The number of nitrogens with one attached hydrogen (secondary N) is 1. The number of benzene rings is 2. The number of thiophene rings is 1. The molecule has 0 aliphatic rings. The molecule has 154 valence electrons. The largest absolute Gasteiger partial charge is 0.490 e. The Balaban J connectivity index is 1.65. The quantitative estimate of drug-likeness (QED) is 0.214. The summed E-state index contributed by atoms with van der Waals surface area (Å²) >= 11 is 4.86. The van der Waals surface area contributed by atoms with Crippen LogP contribution in [0.4, 0.5) is 0 Å². The predicted molar refractivity (Wildman–Crippen MR) is 120 cm³/mol. The van der Waals surface area contributed by atoms with Crippen LogP contribution in [0.25, 0.3) is 0 Å². The van der Waals surface area contributed by atoms with Gasteiger partial charge in [0.05, 0.1) is 24.8 Å². The van der Waals surface area contributed by atoms with Crippen molar-refractivity contribution in [3.05, 3.63) is 80.5 Å². The maximum absolute atomic E-state index is 12.4. The summed E-state index contributed by atoms with van der Waals surface area (Å²) in [5, 5.41) is 5.90. The average Bonchev–Trinajstić information content (AvgIpc) is 3.23. The van der Waals surface area contributed by atoms with Gasteiger partial charge < -0.3 is 9.47 Å². The smallest absolute Gasteiger partial charge is 0.343 e. The van der Waals surface area contributed by atoms with E-state index in [-0.39, 0.29) is 12.3 Å². The minimum atomic E-state index is -0.481. The molecule has 0 atom stereocenters. The molecule has 1 aromatic heterocycles. The lowest BCUT2D eigenvalue weighted by atomic mass is 10.2. The number of hydrogen-bond acceptors (Lipinski definition) is 6. The van der Waals surface area contributed by atoms with Crippen LogP contribution in [0.5, 0.6) is 11.5 Å². The molecule has 2 aromatic carbocycles. The van der Waals surface area contributed by atoms with Gasteiger partial charge >= 0.3 is 5.97 Å². The number of hydrogen-bond donors (Lipinski definition) is 1. The van der Waals surface area contributed by atoms with Crippen molar-refractivity contribution in [1.29, 1.82) is 0 Å². The molecule has 0 aliphatic heterocycles. The van der Waals surface area contributed by atoms with Gasteiger partial charge in [0.1, 0.15) is 0 Å². The Labute approximate surface area is 186 Å². The summed E-state index contributed by atoms with van der Waals surface area (Å²) in [5.41, 5.74) is 3.62. The van der Waals surface area contributed by atoms with Gasteiger partial charge in [-0.25, -0.2) is 10.2 Å². The minimum absolute atomic E-state index is 0.196. The van der Waals surface area contributed by atoms with Crippen LogP contribution in [0.3, 0.4) is 0 Å². The average molecular weight is 487 g/mol. The van der Waals surface area contributed by atoms with E-state index in [0.717, 1.165) is 9.35 Å². The van der Waals surface area contributed by atoms with Crippen molar-refractivity contribution in [1.82, 2.24) is 5.43 Å². The van der Waals surface area contributed by atoms with E-state index in [1.807, 2.05) is 24.4 Å². The highest BCUT2D eigenvalue weighted by atomic mass is 79.9. The number of halogens is 1. The third kappa shape index (κ3) is 6.27. The number of ether oxygens (including phenoxy) is 2. The van der Waals surface area contributed by atoms with E-state index >= 15 is 0 Å². The molecule has 3 aromatic rings. The van der Waals surface area contributed by atoms with Crippen molar-refractivity contribution in [3.63, 3.8) is 0 Å². The normalized spacial score (nSPS) is 10.7. The Bertz CT molecular complexity index is 1030. The Hall–Kier alpha value is -2.97. The predicted octanol–water partition coefficient (Wildman–Crippen LogP) is 4.82.